The Balaban J connectivity index is 2.62. The molecular formula is C9H8N6. The second kappa shape index (κ2) is 3.38. The average Bonchev–Trinajstić information content (AvgIpc) is 2.55. The van der Waals surface area contributed by atoms with Crippen molar-refractivity contribution >= 4 is 5.82 Å². The molecule has 0 spiro atoms. The maximum Gasteiger partial charge on any atom is 0.174 e. The molecule has 0 aliphatic rings. The molecule has 2 aromatic heterocycles. The topological polar surface area (TPSA) is 93.4 Å². The average molecular weight is 200 g/mol. The Morgan fingerprint density at radius 1 is 1.47 bits per heavy atom. The highest BCUT2D eigenvalue weighted by Crippen LogP contribution is 2.17. The van der Waals surface area contributed by atoms with E-state index in [4.69, 9.17) is 11.0 Å². The Bertz CT molecular complexity index is 522. The number of aromatic nitrogens is 4. The normalized spacial score (nSPS) is 9.87. The van der Waals surface area contributed by atoms with E-state index >= 15 is 0 Å². The van der Waals surface area contributed by atoms with Crippen LogP contribution in [0.15, 0.2) is 18.6 Å². The molecule has 0 amide bonds. The molecule has 2 heterocycles. The summed E-state index contributed by atoms with van der Waals surface area (Å²) in [7, 11) is 0. The van der Waals surface area contributed by atoms with Crippen molar-refractivity contribution < 1.29 is 0 Å². The van der Waals surface area contributed by atoms with Crippen molar-refractivity contribution in [3.63, 3.8) is 0 Å². The summed E-state index contributed by atoms with van der Waals surface area (Å²) in [5.74, 6) is 0.787. The van der Waals surface area contributed by atoms with Gasteiger partial charge in [-0.2, -0.15) is 15.0 Å². The molecule has 2 N–H and O–H groups in total. The Morgan fingerprint density at radius 2 is 2.27 bits per heavy atom. The zero-order chi connectivity index (χ0) is 10.8. The van der Waals surface area contributed by atoms with Gasteiger partial charge < -0.3 is 5.73 Å². The minimum Gasteiger partial charge on any atom is -0.382 e. The highest BCUT2D eigenvalue weighted by atomic mass is 15.3. The highest BCUT2D eigenvalue weighted by molar-refractivity contribution is 5.54. The minimum atomic E-state index is 0.288. The molecule has 2 rings (SSSR count). The van der Waals surface area contributed by atoms with Crippen LogP contribution >= 0.6 is 0 Å². The predicted molar refractivity (Wildman–Crippen MR) is 53.0 cm³/mol. The fourth-order valence-electron chi connectivity index (χ4n) is 1.26. The van der Waals surface area contributed by atoms with Gasteiger partial charge in [0, 0.05) is 12.4 Å². The molecule has 6 nitrogen and oxygen atoms in total. The Labute approximate surface area is 86.0 Å². The summed E-state index contributed by atoms with van der Waals surface area (Å²) in [6.45, 7) is 1.72. The lowest BCUT2D eigenvalue weighted by Crippen LogP contribution is -2.04. The van der Waals surface area contributed by atoms with Gasteiger partial charge in [-0.3, -0.25) is 4.98 Å². The standard InChI is InChI=1S/C9H8N6/c1-6-7(4-10)9(11)15(14-6)8-5-12-2-3-13-8/h2-3,5H,11H2,1H3. The third-order valence-corrected chi connectivity index (χ3v) is 1.97. The van der Waals surface area contributed by atoms with E-state index in [9.17, 15) is 0 Å². The molecule has 0 bridgehead atoms. The fraction of sp³-hybridized carbons (Fsp3) is 0.111. The Hall–Kier alpha value is -2.42. The number of nitrogens with two attached hydrogens (primary N) is 1. The molecule has 0 saturated carbocycles. The smallest absolute Gasteiger partial charge is 0.174 e. The molecule has 0 fully saturated rings. The summed E-state index contributed by atoms with van der Waals surface area (Å²) < 4.78 is 1.40. The van der Waals surface area contributed by atoms with Gasteiger partial charge in [0.25, 0.3) is 0 Å². The molecule has 0 radical (unpaired) electrons. The predicted octanol–water partition coefficient (Wildman–Crippen LogP) is 0.425. The van der Waals surface area contributed by atoms with Gasteiger partial charge in [-0.15, -0.1) is 0 Å². The van der Waals surface area contributed by atoms with Gasteiger partial charge in [-0.25, -0.2) is 4.98 Å². The quantitative estimate of drug-likeness (QED) is 0.720. The lowest BCUT2D eigenvalue weighted by atomic mass is 10.3. The Kier molecular flexibility index (Phi) is 2.06. The molecule has 0 unspecified atom stereocenters. The molecule has 74 valence electrons. The molecule has 0 atom stereocenters. The van der Waals surface area contributed by atoms with Gasteiger partial charge in [-0.05, 0) is 6.92 Å². The number of hydrogen-bond acceptors (Lipinski definition) is 5. The van der Waals surface area contributed by atoms with Gasteiger partial charge in [0.2, 0.25) is 0 Å². The van der Waals surface area contributed by atoms with E-state index in [1.807, 2.05) is 6.07 Å². The molecular weight excluding hydrogens is 192 g/mol. The van der Waals surface area contributed by atoms with Crippen molar-refractivity contribution in [2.75, 3.05) is 5.73 Å². The zero-order valence-electron chi connectivity index (χ0n) is 8.05. The summed E-state index contributed by atoms with van der Waals surface area (Å²) in [5, 5.41) is 13.0. The van der Waals surface area contributed by atoms with Gasteiger partial charge in [0.15, 0.2) is 5.82 Å². The number of rotatable bonds is 1. The lowest BCUT2D eigenvalue weighted by Gasteiger charge is -2.00. The van der Waals surface area contributed by atoms with Crippen LogP contribution < -0.4 is 5.73 Å². The Morgan fingerprint density at radius 3 is 2.80 bits per heavy atom. The van der Waals surface area contributed by atoms with Crippen molar-refractivity contribution in [2.24, 2.45) is 0 Å². The maximum absolute atomic E-state index is 8.84. The van der Waals surface area contributed by atoms with Crippen LogP contribution in [0.1, 0.15) is 11.3 Å². The number of nitriles is 1. The first kappa shape index (κ1) is 9.15. The van der Waals surface area contributed by atoms with Gasteiger partial charge in [0.05, 0.1) is 11.9 Å². The second-order valence-corrected chi connectivity index (χ2v) is 2.93. The SMILES string of the molecule is Cc1nn(-c2cnccn2)c(N)c1C#N. The van der Waals surface area contributed by atoms with Crippen molar-refractivity contribution in [1.82, 2.24) is 19.7 Å². The van der Waals surface area contributed by atoms with Crippen molar-refractivity contribution in [2.45, 2.75) is 6.92 Å². The van der Waals surface area contributed by atoms with Crippen LogP contribution in [0.4, 0.5) is 5.82 Å². The molecule has 0 saturated heterocycles. The molecule has 0 aliphatic heterocycles. The van der Waals surface area contributed by atoms with E-state index in [2.05, 4.69) is 15.1 Å². The van der Waals surface area contributed by atoms with E-state index < -0.39 is 0 Å². The van der Waals surface area contributed by atoms with Crippen LogP contribution in [0, 0.1) is 18.3 Å². The molecule has 0 aromatic carbocycles. The van der Waals surface area contributed by atoms with Gasteiger partial charge in [-0.1, -0.05) is 0 Å². The maximum atomic E-state index is 8.84. The second-order valence-electron chi connectivity index (χ2n) is 2.93. The number of anilines is 1. The largest absolute Gasteiger partial charge is 0.382 e. The van der Waals surface area contributed by atoms with Crippen LogP contribution in [0.2, 0.25) is 0 Å². The van der Waals surface area contributed by atoms with Crippen LogP contribution in [0.5, 0.6) is 0 Å². The minimum absolute atomic E-state index is 0.288. The van der Waals surface area contributed by atoms with Crippen LogP contribution in [-0.2, 0) is 0 Å². The molecule has 15 heavy (non-hydrogen) atoms. The first-order valence-electron chi connectivity index (χ1n) is 4.25. The number of aryl methyl sites for hydroxylation is 1. The fourth-order valence-corrected chi connectivity index (χ4v) is 1.26. The van der Waals surface area contributed by atoms with E-state index in [0.717, 1.165) is 0 Å². The molecule has 0 aliphatic carbocycles. The monoisotopic (exact) mass is 200 g/mol. The summed E-state index contributed by atoms with van der Waals surface area (Å²) in [4.78, 5) is 7.95. The summed E-state index contributed by atoms with van der Waals surface area (Å²) in [6.07, 6.45) is 4.63. The third kappa shape index (κ3) is 1.40. The van der Waals surface area contributed by atoms with Crippen molar-refractivity contribution in [3.8, 4) is 11.9 Å². The lowest BCUT2D eigenvalue weighted by molar-refractivity contribution is 0.833. The number of nitrogen functional groups attached to an aromatic ring is 1. The van der Waals surface area contributed by atoms with Crippen LogP contribution in [-0.4, -0.2) is 19.7 Å². The molecule has 2 aromatic rings. The summed E-state index contributed by atoms with van der Waals surface area (Å²) in [6, 6.07) is 2.00. The van der Waals surface area contributed by atoms with Crippen LogP contribution in [0.25, 0.3) is 5.82 Å². The first-order valence-corrected chi connectivity index (χ1v) is 4.25. The van der Waals surface area contributed by atoms with Crippen molar-refractivity contribution in [1.29, 1.82) is 5.26 Å². The number of hydrogen-bond donors (Lipinski definition) is 1. The van der Waals surface area contributed by atoms with E-state index in [1.165, 1.54) is 17.1 Å². The van der Waals surface area contributed by atoms with E-state index in [-0.39, 0.29) is 5.82 Å². The molecule has 6 heteroatoms. The van der Waals surface area contributed by atoms with E-state index in [1.54, 1.807) is 13.1 Å². The highest BCUT2D eigenvalue weighted by Gasteiger charge is 2.13. The first-order chi connectivity index (χ1) is 7.24. The van der Waals surface area contributed by atoms with E-state index in [0.29, 0.717) is 17.1 Å². The van der Waals surface area contributed by atoms with Gasteiger partial charge in [0.1, 0.15) is 17.5 Å². The summed E-state index contributed by atoms with van der Waals surface area (Å²) in [5.41, 5.74) is 6.72. The third-order valence-electron chi connectivity index (χ3n) is 1.97. The van der Waals surface area contributed by atoms with Crippen LogP contribution in [0.3, 0.4) is 0 Å². The number of nitrogens with zero attached hydrogens (tertiary/aromatic N) is 5. The zero-order valence-corrected chi connectivity index (χ0v) is 8.05. The van der Waals surface area contributed by atoms with Gasteiger partial charge >= 0.3 is 0 Å². The van der Waals surface area contributed by atoms with Crippen molar-refractivity contribution in [3.05, 3.63) is 29.8 Å². The summed E-state index contributed by atoms with van der Waals surface area (Å²) >= 11 is 0.